The number of amides is 1. The quantitative estimate of drug-likeness (QED) is 0.623. The van der Waals surface area contributed by atoms with E-state index < -0.39 is 0 Å². The molecule has 0 N–H and O–H groups in total. The summed E-state index contributed by atoms with van der Waals surface area (Å²) in [5, 5.41) is 2.43. The first-order valence-corrected chi connectivity index (χ1v) is 6.85. The van der Waals surface area contributed by atoms with Crippen LogP contribution in [0, 0.1) is 0 Å². The molecule has 2 heterocycles. The second-order valence-electron chi connectivity index (χ2n) is 3.68. The fourth-order valence-electron chi connectivity index (χ4n) is 1.57. The van der Waals surface area contributed by atoms with Crippen molar-refractivity contribution in [3.05, 3.63) is 11.1 Å². The van der Waals surface area contributed by atoms with Gasteiger partial charge in [0.25, 0.3) is 0 Å². The number of thiazole rings is 1. The minimum Gasteiger partial charge on any atom is -0.469 e. The van der Waals surface area contributed by atoms with Crippen LogP contribution in [0.15, 0.2) is 5.38 Å². The monoisotopic (exact) mass is 318 g/mol. The Hall–Kier alpha value is -0.950. The maximum absolute atomic E-state index is 11.6. The van der Waals surface area contributed by atoms with Crippen LogP contribution in [0.2, 0.25) is 0 Å². The number of carbonyl (C=O) groups is 2. The number of ether oxygens (including phenoxy) is 1. The Kier molecular flexibility index (Phi) is 3.78. The molecular formula is C10H11BrN2O3S. The van der Waals surface area contributed by atoms with Gasteiger partial charge in [0.05, 0.1) is 19.2 Å². The van der Waals surface area contributed by atoms with E-state index in [0.29, 0.717) is 23.8 Å². The van der Waals surface area contributed by atoms with Gasteiger partial charge in [0.15, 0.2) is 5.13 Å². The minimum atomic E-state index is -0.326. The van der Waals surface area contributed by atoms with Gasteiger partial charge in [-0.25, -0.2) is 4.98 Å². The summed E-state index contributed by atoms with van der Waals surface area (Å²) in [4.78, 5) is 28.8. The molecule has 1 aromatic heterocycles. The van der Waals surface area contributed by atoms with Crippen molar-refractivity contribution in [2.24, 2.45) is 0 Å². The summed E-state index contributed by atoms with van der Waals surface area (Å²) in [6.45, 7) is 0.629. The molecule has 92 valence electrons. The number of aromatic nitrogens is 1. The Labute approximate surface area is 111 Å². The average molecular weight is 319 g/mol. The molecule has 1 unspecified atom stereocenters. The van der Waals surface area contributed by atoms with Crippen molar-refractivity contribution in [2.75, 3.05) is 18.6 Å². The zero-order valence-electron chi connectivity index (χ0n) is 9.18. The summed E-state index contributed by atoms with van der Waals surface area (Å²) in [6, 6.07) is 0. The third-order valence-corrected chi connectivity index (χ3v) is 3.93. The SMILES string of the molecule is COC(=O)Cc1csc(N2CC(Br)CC2=O)n1. The van der Waals surface area contributed by atoms with Gasteiger partial charge in [-0.2, -0.15) is 0 Å². The number of rotatable bonds is 3. The molecule has 1 aromatic rings. The number of hydrogen-bond acceptors (Lipinski definition) is 5. The zero-order valence-corrected chi connectivity index (χ0v) is 11.6. The number of halogens is 1. The fraction of sp³-hybridized carbons (Fsp3) is 0.500. The lowest BCUT2D eigenvalue weighted by molar-refractivity contribution is -0.139. The largest absolute Gasteiger partial charge is 0.469 e. The molecule has 0 aliphatic carbocycles. The predicted molar refractivity (Wildman–Crippen MR) is 67.5 cm³/mol. The zero-order chi connectivity index (χ0) is 12.4. The van der Waals surface area contributed by atoms with Crippen molar-refractivity contribution >= 4 is 44.3 Å². The highest BCUT2D eigenvalue weighted by atomic mass is 79.9. The van der Waals surface area contributed by atoms with Crippen LogP contribution in [0.25, 0.3) is 0 Å². The smallest absolute Gasteiger partial charge is 0.311 e. The molecule has 1 atom stereocenters. The summed E-state index contributed by atoms with van der Waals surface area (Å²) in [7, 11) is 1.34. The van der Waals surface area contributed by atoms with Crippen molar-refractivity contribution in [1.29, 1.82) is 0 Å². The van der Waals surface area contributed by atoms with Crippen LogP contribution in [0.1, 0.15) is 12.1 Å². The van der Waals surface area contributed by atoms with Gasteiger partial charge in [0, 0.05) is 23.2 Å². The number of nitrogens with zero attached hydrogens (tertiary/aromatic N) is 2. The van der Waals surface area contributed by atoms with Crippen molar-refractivity contribution in [3.63, 3.8) is 0 Å². The van der Waals surface area contributed by atoms with Crippen molar-refractivity contribution in [1.82, 2.24) is 4.98 Å². The van der Waals surface area contributed by atoms with Crippen LogP contribution in [-0.4, -0.2) is 35.3 Å². The standard InChI is InChI=1S/C10H11BrN2O3S/c1-16-9(15)3-7-5-17-10(12-7)13-4-6(11)2-8(13)14/h5-6H,2-4H2,1H3. The summed E-state index contributed by atoms with van der Waals surface area (Å²) in [6.07, 6.45) is 0.638. The van der Waals surface area contributed by atoms with Crippen LogP contribution >= 0.6 is 27.3 Å². The van der Waals surface area contributed by atoms with Gasteiger partial charge in [-0.05, 0) is 0 Å². The molecule has 1 amide bonds. The van der Waals surface area contributed by atoms with E-state index in [1.54, 1.807) is 10.3 Å². The van der Waals surface area contributed by atoms with Gasteiger partial charge in [-0.15, -0.1) is 11.3 Å². The summed E-state index contributed by atoms with van der Waals surface area (Å²) >= 11 is 4.79. The van der Waals surface area contributed by atoms with Gasteiger partial charge >= 0.3 is 5.97 Å². The third-order valence-electron chi connectivity index (χ3n) is 2.40. The number of methoxy groups -OCH3 is 1. The minimum absolute atomic E-state index is 0.0610. The predicted octanol–water partition coefficient (Wildman–Crippen LogP) is 1.36. The summed E-state index contributed by atoms with van der Waals surface area (Å²) in [5.74, 6) is -0.265. The van der Waals surface area contributed by atoms with Crippen LogP contribution in [0.4, 0.5) is 5.13 Å². The first-order valence-electron chi connectivity index (χ1n) is 5.06. The molecule has 0 radical (unpaired) electrons. The van der Waals surface area contributed by atoms with E-state index in [1.165, 1.54) is 18.4 Å². The molecule has 0 aromatic carbocycles. The normalized spacial score (nSPS) is 19.8. The number of alkyl halides is 1. The lowest BCUT2D eigenvalue weighted by Gasteiger charge is -2.10. The van der Waals surface area contributed by atoms with Crippen molar-refractivity contribution in [2.45, 2.75) is 17.7 Å². The molecule has 1 aliphatic rings. The number of hydrogen-bond donors (Lipinski definition) is 0. The van der Waals surface area contributed by atoms with E-state index in [-0.39, 0.29) is 23.1 Å². The van der Waals surface area contributed by atoms with Gasteiger partial charge in [-0.3, -0.25) is 14.5 Å². The first kappa shape index (κ1) is 12.5. The van der Waals surface area contributed by atoms with Crippen molar-refractivity contribution in [3.8, 4) is 0 Å². The molecule has 0 spiro atoms. The molecule has 1 fully saturated rings. The second-order valence-corrected chi connectivity index (χ2v) is 5.81. The molecule has 2 rings (SSSR count). The average Bonchev–Trinajstić information content (AvgIpc) is 2.85. The van der Waals surface area contributed by atoms with E-state index in [2.05, 4.69) is 25.7 Å². The van der Waals surface area contributed by atoms with Crippen LogP contribution in [-0.2, 0) is 20.7 Å². The molecule has 1 saturated heterocycles. The first-order chi connectivity index (χ1) is 8.10. The Morgan fingerprint density at radius 3 is 3.12 bits per heavy atom. The molecule has 0 bridgehead atoms. The highest BCUT2D eigenvalue weighted by molar-refractivity contribution is 9.09. The van der Waals surface area contributed by atoms with E-state index in [0.717, 1.165) is 0 Å². The van der Waals surface area contributed by atoms with Gasteiger partial charge < -0.3 is 4.74 Å². The van der Waals surface area contributed by atoms with E-state index in [1.807, 2.05) is 0 Å². The number of anilines is 1. The lowest BCUT2D eigenvalue weighted by atomic mass is 10.3. The van der Waals surface area contributed by atoms with Crippen LogP contribution in [0.3, 0.4) is 0 Å². The third kappa shape index (κ3) is 2.84. The number of carbonyl (C=O) groups excluding carboxylic acids is 2. The maximum Gasteiger partial charge on any atom is 0.311 e. The summed E-state index contributed by atoms with van der Waals surface area (Å²) in [5.41, 5.74) is 0.641. The molecule has 17 heavy (non-hydrogen) atoms. The Bertz CT molecular complexity index is 449. The maximum atomic E-state index is 11.6. The van der Waals surface area contributed by atoms with Crippen molar-refractivity contribution < 1.29 is 14.3 Å². The Morgan fingerprint density at radius 2 is 2.53 bits per heavy atom. The molecule has 7 heteroatoms. The fourth-order valence-corrected chi connectivity index (χ4v) is 2.99. The van der Waals surface area contributed by atoms with Gasteiger partial charge in [-0.1, -0.05) is 15.9 Å². The van der Waals surface area contributed by atoms with Gasteiger partial charge in [0.2, 0.25) is 5.91 Å². The lowest BCUT2D eigenvalue weighted by Crippen LogP contribution is -2.24. The topological polar surface area (TPSA) is 59.5 Å². The Morgan fingerprint density at radius 1 is 1.76 bits per heavy atom. The molecular weight excluding hydrogens is 308 g/mol. The van der Waals surface area contributed by atoms with E-state index in [9.17, 15) is 9.59 Å². The highest BCUT2D eigenvalue weighted by Crippen LogP contribution is 2.28. The molecule has 0 saturated carbocycles. The van der Waals surface area contributed by atoms with E-state index >= 15 is 0 Å². The second kappa shape index (κ2) is 5.14. The van der Waals surface area contributed by atoms with Crippen LogP contribution in [0.5, 0.6) is 0 Å². The Balaban J connectivity index is 2.08. The highest BCUT2D eigenvalue weighted by Gasteiger charge is 2.30. The summed E-state index contributed by atoms with van der Waals surface area (Å²) < 4.78 is 4.56. The number of esters is 1. The van der Waals surface area contributed by atoms with Crippen LogP contribution < -0.4 is 4.90 Å². The van der Waals surface area contributed by atoms with Gasteiger partial charge in [0.1, 0.15) is 0 Å². The molecule has 5 nitrogen and oxygen atoms in total. The molecule has 1 aliphatic heterocycles. The van der Waals surface area contributed by atoms with E-state index in [4.69, 9.17) is 0 Å².